The number of aromatic nitrogens is 2. The van der Waals surface area contributed by atoms with Crippen LogP contribution < -0.4 is 0 Å². The quantitative estimate of drug-likeness (QED) is 0.792. The van der Waals surface area contributed by atoms with Crippen molar-refractivity contribution in [1.29, 1.82) is 5.26 Å². The molecule has 3 heterocycles. The summed E-state index contributed by atoms with van der Waals surface area (Å²) in [5, 5.41) is 8.86. The highest BCUT2D eigenvalue weighted by atomic mass is 16.5. The van der Waals surface area contributed by atoms with Gasteiger partial charge in [-0.25, -0.2) is 4.98 Å². The van der Waals surface area contributed by atoms with Crippen molar-refractivity contribution < 1.29 is 9.53 Å². The molecule has 7 heteroatoms. The molecule has 7 nitrogen and oxygen atoms in total. The van der Waals surface area contributed by atoms with Crippen LogP contribution in [0.5, 0.6) is 0 Å². The summed E-state index contributed by atoms with van der Waals surface area (Å²) in [6.07, 6.45) is 3.93. The van der Waals surface area contributed by atoms with Gasteiger partial charge in [0.25, 0.3) is 5.91 Å². The average Bonchev–Trinajstić information content (AvgIpc) is 3.06. The minimum atomic E-state index is -0.123. The molecule has 1 amide bonds. The molecule has 0 bridgehead atoms. The van der Waals surface area contributed by atoms with Gasteiger partial charge in [0.05, 0.1) is 25.7 Å². The van der Waals surface area contributed by atoms with Gasteiger partial charge in [0.15, 0.2) is 0 Å². The third-order valence-corrected chi connectivity index (χ3v) is 4.15. The lowest BCUT2D eigenvalue weighted by Gasteiger charge is -2.29. The molecule has 24 heavy (non-hydrogen) atoms. The van der Waals surface area contributed by atoms with E-state index in [-0.39, 0.29) is 5.91 Å². The minimum Gasteiger partial charge on any atom is -0.379 e. The molecule has 0 saturated carbocycles. The van der Waals surface area contributed by atoms with E-state index in [9.17, 15) is 4.79 Å². The molecule has 1 saturated heterocycles. The lowest BCUT2D eigenvalue weighted by Crippen LogP contribution is -2.43. The molecule has 2 aromatic heterocycles. The number of imidazole rings is 1. The Hall–Kier alpha value is -2.43. The van der Waals surface area contributed by atoms with Crippen LogP contribution in [-0.4, -0.2) is 71.0 Å². The van der Waals surface area contributed by atoms with E-state index in [2.05, 4.69) is 16.0 Å². The largest absolute Gasteiger partial charge is 0.379 e. The number of pyridine rings is 1. The second-order valence-electron chi connectivity index (χ2n) is 5.75. The first-order valence-corrected chi connectivity index (χ1v) is 8.18. The van der Waals surface area contributed by atoms with Crippen molar-refractivity contribution in [3.63, 3.8) is 0 Å². The minimum absolute atomic E-state index is 0.123. The van der Waals surface area contributed by atoms with Gasteiger partial charge in [0, 0.05) is 45.1 Å². The predicted octanol–water partition coefficient (Wildman–Crippen LogP) is 1.02. The van der Waals surface area contributed by atoms with E-state index in [4.69, 9.17) is 10.00 Å². The number of morpholine rings is 1. The second kappa shape index (κ2) is 7.90. The maximum absolute atomic E-state index is 12.8. The summed E-state index contributed by atoms with van der Waals surface area (Å²) in [6, 6.07) is 7.77. The number of hydrogen-bond acceptors (Lipinski definition) is 5. The number of hydrogen-bond donors (Lipinski definition) is 0. The van der Waals surface area contributed by atoms with Crippen LogP contribution in [0, 0.1) is 11.3 Å². The van der Waals surface area contributed by atoms with Crippen molar-refractivity contribution in [2.24, 2.45) is 0 Å². The zero-order valence-electron chi connectivity index (χ0n) is 13.6. The molecule has 0 radical (unpaired) electrons. The highest BCUT2D eigenvalue weighted by molar-refractivity contribution is 5.93. The molecule has 0 atom stereocenters. The summed E-state index contributed by atoms with van der Waals surface area (Å²) in [7, 11) is 0. The number of ether oxygens (including phenoxy) is 1. The van der Waals surface area contributed by atoms with Gasteiger partial charge in [-0.2, -0.15) is 5.26 Å². The van der Waals surface area contributed by atoms with E-state index in [1.165, 1.54) is 0 Å². The van der Waals surface area contributed by atoms with Gasteiger partial charge in [-0.05, 0) is 12.1 Å². The van der Waals surface area contributed by atoms with Crippen LogP contribution in [0.25, 0.3) is 5.65 Å². The van der Waals surface area contributed by atoms with Crippen LogP contribution in [0.4, 0.5) is 0 Å². The van der Waals surface area contributed by atoms with Crippen LogP contribution >= 0.6 is 0 Å². The fourth-order valence-corrected chi connectivity index (χ4v) is 2.79. The van der Waals surface area contributed by atoms with Crippen LogP contribution in [0.2, 0.25) is 0 Å². The molecule has 0 aromatic carbocycles. The smallest absolute Gasteiger partial charge is 0.274 e. The Bertz CT molecular complexity index is 697. The van der Waals surface area contributed by atoms with Crippen molar-refractivity contribution in [3.05, 3.63) is 36.3 Å². The Kier molecular flexibility index (Phi) is 5.41. The lowest BCUT2D eigenvalue weighted by molar-refractivity contribution is 0.0325. The summed E-state index contributed by atoms with van der Waals surface area (Å²) in [4.78, 5) is 21.2. The monoisotopic (exact) mass is 327 g/mol. The van der Waals surface area contributed by atoms with E-state index in [1.54, 1.807) is 11.1 Å². The Morgan fingerprint density at radius 2 is 2.17 bits per heavy atom. The van der Waals surface area contributed by atoms with Crippen molar-refractivity contribution in [3.8, 4) is 6.07 Å². The van der Waals surface area contributed by atoms with Crippen molar-refractivity contribution in [2.75, 3.05) is 45.9 Å². The van der Waals surface area contributed by atoms with Crippen LogP contribution in [0.1, 0.15) is 16.9 Å². The molecular weight excluding hydrogens is 306 g/mol. The fourth-order valence-electron chi connectivity index (χ4n) is 2.79. The molecule has 126 valence electrons. The zero-order valence-corrected chi connectivity index (χ0v) is 13.6. The Morgan fingerprint density at radius 1 is 1.33 bits per heavy atom. The van der Waals surface area contributed by atoms with Crippen LogP contribution in [0.3, 0.4) is 0 Å². The zero-order chi connectivity index (χ0) is 16.8. The number of carbonyl (C=O) groups is 1. The van der Waals surface area contributed by atoms with E-state index in [0.29, 0.717) is 25.2 Å². The first kappa shape index (κ1) is 16.4. The first-order chi connectivity index (χ1) is 11.8. The van der Waals surface area contributed by atoms with E-state index < -0.39 is 0 Å². The van der Waals surface area contributed by atoms with Gasteiger partial charge in [-0.15, -0.1) is 0 Å². The Labute approximate surface area is 141 Å². The standard InChI is InChI=1S/C17H21N5O2/c18-5-3-7-21(9-8-20-10-12-24-13-11-20)17(23)15-14-22-6-2-1-4-16(22)19-15/h1-2,4,6,14H,3,7-13H2. The SMILES string of the molecule is N#CCCN(CCN1CCOCC1)C(=O)c1cn2ccccc2n1. The molecule has 2 aromatic rings. The molecule has 1 fully saturated rings. The molecule has 0 unspecified atom stereocenters. The highest BCUT2D eigenvalue weighted by Gasteiger charge is 2.20. The van der Waals surface area contributed by atoms with Gasteiger partial charge < -0.3 is 14.0 Å². The molecule has 0 spiro atoms. The predicted molar refractivity (Wildman–Crippen MR) is 88.6 cm³/mol. The average molecular weight is 327 g/mol. The number of rotatable bonds is 6. The molecule has 0 N–H and O–H groups in total. The van der Waals surface area contributed by atoms with Crippen LogP contribution in [0.15, 0.2) is 30.6 Å². The maximum Gasteiger partial charge on any atom is 0.274 e. The number of nitrogens with zero attached hydrogens (tertiary/aromatic N) is 5. The normalized spacial score (nSPS) is 15.3. The molecular formula is C17H21N5O2. The first-order valence-electron chi connectivity index (χ1n) is 8.18. The third-order valence-electron chi connectivity index (χ3n) is 4.15. The fraction of sp³-hybridized carbons (Fsp3) is 0.471. The van der Waals surface area contributed by atoms with Crippen molar-refractivity contribution in [2.45, 2.75) is 6.42 Å². The van der Waals surface area contributed by atoms with Gasteiger partial charge in [-0.3, -0.25) is 9.69 Å². The van der Waals surface area contributed by atoms with Gasteiger partial charge in [0.1, 0.15) is 11.3 Å². The third kappa shape index (κ3) is 3.91. The topological polar surface area (TPSA) is 73.9 Å². The van der Waals surface area contributed by atoms with Crippen molar-refractivity contribution in [1.82, 2.24) is 19.2 Å². The van der Waals surface area contributed by atoms with E-state index in [1.807, 2.05) is 28.8 Å². The van der Waals surface area contributed by atoms with E-state index >= 15 is 0 Å². The molecule has 3 rings (SSSR count). The summed E-state index contributed by atoms with van der Waals surface area (Å²) in [6.45, 7) is 5.04. The van der Waals surface area contributed by atoms with Crippen molar-refractivity contribution >= 4 is 11.6 Å². The number of fused-ring (bicyclic) bond motifs is 1. The van der Waals surface area contributed by atoms with E-state index in [0.717, 1.165) is 38.5 Å². The molecule has 1 aliphatic heterocycles. The highest BCUT2D eigenvalue weighted by Crippen LogP contribution is 2.09. The number of amides is 1. The summed E-state index contributed by atoms with van der Waals surface area (Å²) in [5.74, 6) is -0.123. The number of carbonyl (C=O) groups excluding carboxylic acids is 1. The summed E-state index contributed by atoms with van der Waals surface area (Å²) in [5.41, 5.74) is 1.16. The Morgan fingerprint density at radius 3 is 2.92 bits per heavy atom. The molecule has 0 aliphatic carbocycles. The summed E-state index contributed by atoms with van der Waals surface area (Å²) < 4.78 is 7.17. The number of nitriles is 1. The maximum atomic E-state index is 12.8. The van der Waals surface area contributed by atoms with Gasteiger partial charge in [0.2, 0.25) is 0 Å². The van der Waals surface area contributed by atoms with Crippen LogP contribution in [-0.2, 0) is 4.74 Å². The van der Waals surface area contributed by atoms with Gasteiger partial charge >= 0.3 is 0 Å². The molecule has 1 aliphatic rings. The summed E-state index contributed by atoms with van der Waals surface area (Å²) >= 11 is 0. The van der Waals surface area contributed by atoms with Gasteiger partial charge in [-0.1, -0.05) is 6.07 Å². The Balaban J connectivity index is 1.69. The second-order valence-corrected chi connectivity index (χ2v) is 5.75. The lowest BCUT2D eigenvalue weighted by atomic mass is 10.3.